The highest BCUT2D eigenvalue weighted by Gasteiger charge is 2.26. The van der Waals surface area contributed by atoms with Crippen molar-refractivity contribution in [2.75, 3.05) is 26.3 Å². The molecule has 0 saturated carbocycles. The van der Waals surface area contributed by atoms with Crippen LogP contribution in [0.4, 0.5) is 0 Å². The van der Waals surface area contributed by atoms with Gasteiger partial charge in [0.2, 0.25) is 5.91 Å². The maximum atomic E-state index is 11.6. The highest BCUT2D eigenvalue weighted by atomic mass is 16.5. The molecule has 2 fully saturated rings. The predicted molar refractivity (Wildman–Crippen MR) is 48.2 cm³/mol. The molecule has 0 bridgehead atoms. The van der Waals surface area contributed by atoms with Gasteiger partial charge < -0.3 is 9.64 Å². The second kappa shape index (κ2) is 4.07. The van der Waals surface area contributed by atoms with Gasteiger partial charge in [0.1, 0.15) is 0 Å². The molecule has 0 aliphatic carbocycles. The van der Waals surface area contributed by atoms with Crippen molar-refractivity contribution in [1.82, 2.24) is 10.2 Å². The summed E-state index contributed by atoms with van der Waals surface area (Å²) < 4.78 is 5.26. The minimum Gasteiger partial charge on any atom is -0.379 e. The summed E-state index contributed by atoms with van der Waals surface area (Å²) in [6.45, 7) is 3.05. The van der Waals surface area contributed by atoms with Crippen molar-refractivity contribution >= 4 is 5.91 Å². The number of carbonyl (C=O) groups is 1. The van der Waals surface area contributed by atoms with E-state index in [9.17, 15) is 4.79 Å². The van der Waals surface area contributed by atoms with Crippen LogP contribution in [0, 0.1) is 0 Å². The standard InChI is InChI=1S/C9H16N2O2/c12-9-3-6-13-7-5-11(9)8-2-1-4-10-8/h8,10H,1-7H2. The number of amides is 1. The zero-order valence-corrected chi connectivity index (χ0v) is 7.79. The molecule has 1 atom stereocenters. The fraction of sp³-hybridized carbons (Fsp3) is 0.889. The first-order valence-electron chi connectivity index (χ1n) is 4.98. The van der Waals surface area contributed by atoms with Crippen LogP contribution in [-0.2, 0) is 9.53 Å². The molecular weight excluding hydrogens is 168 g/mol. The van der Waals surface area contributed by atoms with Crippen LogP contribution < -0.4 is 5.32 Å². The lowest BCUT2D eigenvalue weighted by Crippen LogP contribution is -2.46. The quantitative estimate of drug-likeness (QED) is 0.621. The largest absolute Gasteiger partial charge is 0.379 e. The lowest BCUT2D eigenvalue weighted by Gasteiger charge is -2.26. The van der Waals surface area contributed by atoms with E-state index < -0.39 is 0 Å². The van der Waals surface area contributed by atoms with E-state index in [1.807, 2.05) is 4.90 Å². The molecule has 1 amide bonds. The van der Waals surface area contributed by atoms with E-state index in [-0.39, 0.29) is 12.1 Å². The van der Waals surface area contributed by atoms with Crippen LogP contribution in [0.1, 0.15) is 19.3 Å². The Balaban J connectivity index is 1.97. The molecule has 2 rings (SSSR count). The molecule has 74 valence electrons. The molecule has 0 aromatic rings. The molecule has 1 unspecified atom stereocenters. The lowest BCUT2D eigenvalue weighted by atomic mass is 10.3. The van der Waals surface area contributed by atoms with Gasteiger partial charge in [0.15, 0.2) is 0 Å². The van der Waals surface area contributed by atoms with Crippen molar-refractivity contribution in [3.05, 3.63) is 0 Å². The van der Waals surface area contributed by atoms with E-state index in [4.69, 9.17) is 4.74 Å². The molecular formula is C9H16N2O2. The molecule has 0 spiro atoms. The van der Waals surface area contributed by atoms with Gasteiger partial charge in [-0.15, -0.1) is 0 Å². The van der Waals surface area contributed by atoms with Crippen molar-refractivity contribution in [3.8, 4) is 0 Å². The van der Waals surface area contributed by atoms with Crippen LogP contribution in [-0.4, -0.2) is 43.3 Å². The van der Waals surface area contributed by atoms with E-state index in [0.29, 0.717) is 19.6 Å². The molecule has 2 aliphatic rings. The predicted octanol–water partition coefficient (Wildman–Crippen LogP) is -0.0552. The molecule has 1 N–H and O–H groups in total. The van der Waals surface area contributed by atoms with Crippen LogP contribution >= 0.6 is 0 Å². The summed E-state index contributed by atoms with van der Waals surface area (Å²) in [7, 11) is 0. The van der Waals surface area contributed by atoms with Crippen LogP contribution in [0.5, 0.6) is 0 Å². The maximum Gasteiger partial charge on any atom is 0.226 e. The number of nitrogens with zero attached hydrogens (tertiary/aromatic N) is 1. The summed E-state index contributed by atoms with van der Waals surface area (Å²) >= 11 is 0. The Bertz CT molecular complexity index is 190. The number of ether oxygens (including phenoxy) is 1. The number of hydrogen-bond acceptors (Lipinski definition) is 3. The van der Waals surface area contributed by atoms with E-state index >= 15 is 0 Å². The fourth-order valence-electron chi connectivity index (χ4n) is 1.95. The highest BCUT2D eigenvalue weighted by molar-refractivity contribution is 5.76. The summed E-state index contributed by atoms with van der Waals surface area (Å²) in [5.74, 6) is 0.233. The van der Waals surface area contributed by atoms with Gasteiger partial charge in [-0.1, -0.05) is 0 Å². The molecule has 13 heavy (non-hydrogen) atoms. The van der Waals surface area contributed by atoms with Crippen molar-refractivity contribution in [1.29, 1.82) is 0 Å². The van der Waals surface area contributed by atoms with Gasteiger partial charge in [-0.3, -0.25) is 10.1 Å². The Morgan fingerprint density at radius 2 is 2.38 bits per heavy atom. The molecule has 0 aromatic carbocycles. The minimum atomic E-state index is 0.233. The zero-order valence-electron chi connectivity index (χ0n) is 7.79. The van der Waals surface area contributed by atoms with Crippen LogP contribution in [0.2, 0.25) is 0 Å². The van der Waals surface area contributed by atoms with Crippen molar-refractivity contribution in [3.63, 3.8) is 0 Å². The molecule has 0 aromatic heterocycles. The Morgan fingerprint density at radius 3 is 3.15 bits per heavy atom. The topological polar surface area (TPSA) is 41.6 Å². The van der Waals surface area contributed by atoms with Crippen LogP contribution in [0.15, 0.2) is 0 Å². The first-order chi connectivity index (χ1) is 6.38. The minimum absolute atomic E-state index is 0.233. The number of carbonyl (C=O) groups excluding carboxylic acids is 1. The lowest BCUT2D eigenvalue weighted by molar-refractivity contribution is -0.132. The highest BCUT2D eigenvalue weighted by Crippen LogP contribution is 2.13. The van der Waals surface area contributed by atoms with E-state index in [1.54, 1.807) is 0 Å². The molecule has 2 aliphatic heterocycles. The van der Waals surface area contributed by atoms with E-state index in [2.05, 4.69) is 5.32 Å². The van der Waals surface area contributed by atoms with Gasteiger partial charge in [-0.25, -0.2) is 0 Å². The summed E-state index contributed by atoms with van der Waals surface area (Å²) in [4.78, 5) is 13.5. The van der Waals surface area contributed by atoms with Gasteiger partial charge in [0, 0.05) is 6.54 Å². The number of nitrogens with one attached hydrogen (secondary N) is 1. The van der Waals surface area contributed by atoms with Crippen molar-refractivity contribution in [2.45, 2.75) is 25.4 Å². The van der Waals surface area contributed by atoms with Crippen LogP contribution in [0.3, 0.4) is 0 Å². The Morgan fingerprint density at radius 1 is 1.46 bits per heavy atom. The van der Waals surface area contributed by atoms with E-state index in [0.717, 1.165) is 19.5 Å². The molecule has 4 nitrogen and oxygen atoms in total. The summed E-state index contributed by atoms with van der Waals surface area (Å²) in [5.41, 5.74) is 0. The van der Waals surface area contributed by atoms with Crippen LogP contribution in [0.25, 0.3) is 0 Å². The molecule has 2 saturated heterocycles. The number of rotatable bonds is 1. The summed E-state index contributed by atoms with van der Waals surface area (Å²) in [5, 5.41) is 3.33. The van der Waals surface area contributed by atoms with Gasteiger partial charge in [-0.05, 0) is 19.4 Å². The second-order valence-electron chi connectivity index (χ2n) is 3.56. The molecule has 2 heterocycles. The third-order valence-electron chi connectivity index (χ3n) is 2.67. The van der Waals surface area contributed by atoms with Gasteiger partial charge in [0.05, 0.1) is 25.8 Å². The van der Waals surface area contributed by atoms with Gasteiger partial charge in [0.25, 0.3) is 0 Å². The fourth-order valence-corrected chi connectivity index (χ4v) is 1.95. The second-order valence-corrected chi connectivity index (χ2v) is 3.56. The Hall–Kier alpha value is -0.610. The molecule has 0 radical (unpaired) electrons. The smallest absolute Gasteiger partial charge is 0.226 e. The Labute approximate surface area is 78.2 Å². The third kappa shape index (κ3) is 2.00. The van der Waals surface area contributed by atoms with Gasteiger partial charge >= 0.3 is 0 Å². The SMILES string of the molecule is O=C1CCOCCN1C1CCCN1. The number of hydrogen-bond donors (Lipinski definition) is 1. The maximum absolute atomic E-state index is 11.6. The Kier molecular flexibility index (Phi) is 2.80. The molecule has 4 heteroatoms. The normalized spacial score (nSPS) is 30.6. The van der Waals surface area contributed by atoms with Crippen molar-refractivity contribution in [2.24, 2.45) is 0 Å². The van der Waals surface area contributed by atoms with Crippen molar-refractivity contribution < 1.29 is 9.53 Å². The first-order valence-corrected chi connectivity index (χ1v) is 4.98. The first kappa shape index (κ1) is 8.97. The average Bonchev–Trinajstić information content (AvgIpc) is 2.56. The average molecular weight is 184 g/mol. The van der Waals surface area contributed by atoms with E-state index in [1.165, 1.54) is 6.42 Å². The summed E-state index contributed by atoms with van der Waals surface area (Å²) in [6, 6.07) is 0. The third-order valence-corrected chi connectivity index (χ3v) is 2.67. The monoisotopic (exact) mass is 184 g/mol. The summed E-state index contributed by atoms with van der Waals surface area (Å²) in [6.07, 6.45) is 3.08. The zero-order chi connectivity index (χ0) is 9.10. The van der Waals surface area contributed by atoms with Gasteiger partial charge in [-0.2, -0.15) is 0 Å².